The van der Waals surface area contributed by atoms with Gasteiger partial charge in [-0.1, -0.05) is 0 Å². The molecule has 0 aliphatic carbocycles. The average Bonchev–Trinajstić information content (AvgIpc) is 2.74. The highest BCUT2D eigenvalue weighted by atomic mass is 32.1. The van der Waals surface area contributed by atoms with Crippen LogP contribution >= 0.6 is 11.3 Å². The Kier molecular flexibility index (Phi) is 3.07. The summed E-state index contributed by atoms with van der Waals surface area (Å²) in [4.78, 5) is 4.28. The fourth-order valence-corrected chi connectivity index (χ4v) is 2.45. The summed E-state index contributed by atoms with van der Waals surface area (Å²) in [6, 6.07) is 1.99. The van der Waals surface area contributed by atoms with Gasteiger partial charge in [-0.05, 0) is 19.9 Å². The Morgan fingerprint density at radius 2 is 2.19 bits per heavy atom. The lowest BCUT2D eigenvalue weighted by Gasteiger charge is -2.07. The predicted octanol–water partition coefficient (Wildman–Crippen LogP) is 1.77. The molecule has 0 aliphatic heterocycles. The van der Waals surface area contributed by atoms with Gasteiger partial charge in [0, 0.05) is 30.2 Å². The van der Waals surface area contributed by atoms with Gasteiger partial charge in [0.15, 0.2) is 0 Å². The van der Waals surface area contributed by atoms with Crippen LogP contribution in [-0.4, -0.2) is 19.9 Å². The summed E-state index contributed by atoms with van der Waals surface area (Å²) >= 11 is 1.50. The van der Waals surface area contributed by atoms with Gasteiger partial charge in [-0.2, -0.15) is 5.10 Å². The van der Waals surface area contributed by atoms with Crippen LogP contribution in [0, 0.1) is 13.8 Å². The van der Waals surface area contributed by atoms with E-state index in [0.29, 0.717) is 6.42 Å². The summed E-state index contributed by atoms with van der Waals surface area (Å²) < 4.78 is 1.80. The molecule has 0 radical (unpaired) electrons. The Hall–Kier alpha value is -1.20. The first kappa shape index (κ1) is 11.3. The Labute approximate surface area is 98.6 Å². The summed E-state index contributed by atoms with van der Waals surface area (Å²) in [6.45, 7) is 3.88. The Morgan fingerprint density at radius 1 is 1.44 bits per heavy atom. The zero-order chi connectivity index (χ0) is 11.7. The molecular formula is C11H15N3OS. The van der Waals surface area contributed by atoms with Crippen LogP contribution in [0.15, 0.2) is 11.4 Å². The molecular weight excluding hydrogens is 222 g/mol. The normalized spacial score (nSPS) is 13.0. The molecule has 16 heavy (non-hydrogen) atoms. The lowest BCUT2D eigenvalue weighted by atomic mass is 10.2. The first-order valence-corrected chi connectivity index (χ1v) is 6.04. The molecule has 0 bridgehead atoms. The highest BCUT2D eigenvalue weighted by molar-refractivity contribution is 7.09. The largest absolute Gasteiger partial charge is 0.386 e. The van der Waals surface area contributed by atoms with Gasteiger partial charge < -0.3 is 5.11 Å². The third-order valence-corrected chi connectivity index (χ3v) is 3.49. The lowest BCUT2D eigenvalue weighted by Crippen LogP contribution is -2.06. The Bertz CT molecular complexity index is 489. The van der Waals surface area contributed by atoms with E-state index < -0.39 is 6.10 Å². The quantitative estimate of drug-likeness (QED) is 0.885. The minimum absolute atomic E-state index is 0.534. The van der Waals surface area contributed by atoms with E-state index in [2.05, 4.69) is 10.1 Å². The van der Waals surface area contributed by atoms with E-state index in [0.717, 1.165) is 22.1 Å². The molecule has 2 heterocycles. The first-order chi connectivity index (χ1) is 7.56. The SMILES string of the molecule is Cc1csc(C(O)Cc2cc(C)nn2C)n1. The van der Waals surface area contributed by atoms with Gasteiger partial charge in [0.25, 0.3) is 0 Å². The molecule has 2 aromatic heterocycles. The van der Waals surface area contributed by atoms with E-state index in [1.54, 1.807) is 4.68 Å². The van der Waals surface area contributed by atoms with Crippen LogP contribution in [0.25, 0.3) is 0 Å². The molecule has 2 rings (SSSR count). The Balaban J connectivity index is 2.13. The third kappa shape index (κ3) is 2.31. The van der Waals surface area contributed by atoms with Gasteiger partial charge in [-0.15, -0.1) is 11.3 Å². The van der Waals surface area contributed by atoms with Crippen molar-refractivity contribution in [1.82, 2.24) is 14.8 Å². The molecule has 0 aromatic carbocycles. The van der Waals surface area contributed by atoms with E-state index in [9.17, 15) is 5.11 Å². The first-order valence-electron chi connectivity index (χ1n) is 5.16. The molecule has 2 aromatic rings. The van der Waals surface area contributed by atoms with Crippen LogP contribution in [0.4, 0.5) is 0 Å². The Morgan fingerprint density at radius 3 is 2.69 bits per heavy atom. The molecule has 0 saturated heterocycles. The van der Waals surface area contributed by atoms with Crippen LogP contribution in [0.5, 0.6) is 0 Å². The molecule has 0 spiro atoms. The minimum Gasteiger partial charge on any atom is -0.386 e. The van der Waals surface area contributed by atoms with Crippen molar-refractivity contribution in [1.29, 1.82) is 0 Å². The third-order valence-electron chi connectivity index (χ3n) is 2.42. The predicted molar refractivity (Wildman–Crippen MR) is 63.5 cm³/mol. The van der Waals surface area contributed by atoms with Gasteiger partial charge in [-0.25, -0.2) is 4.98 Å². The van der Waals surface area contributed by atoms with Crippen molar-refractivity contribution in [2.24, 2.45) is 7.05 Å². The number of hydrogen-bond acceptors (Lipinski definition) is 4. The van der Waals surface area contributed by atoms with Crippen molar-refractivity contribution in [2.75, 3.05) is 0 Å². The molecule has 4 nitrogen and oxygen atoms in total. The number of nitrogens with zero attached hydrogens (tertiary/aromatic N) is 3. The van der Waals surface area contributed by atoms with Crippen LogP contribution in [0.1, 0.15) is 28.2 Å². The molecule has 1 atom stereocenters. The number of aryl methyl sites for hydroxylation is 3. The van der Waals surface area contributed by atoms with Gasteiger partial charge in [0.1, 0.15) is 11.1 Å². The fraction of sp³-hybridized carbons (Fsp3) is 0.455. The number of aliphatic hydroxyl groups excluding tert-OH is 1. The van der Waals surface area contributed by atoms with Crippen LogP contribution in [0.3, 0.4) is 0 Å². The second kappa shape index (κ2) is 4.35. The standard InChI is InChI=1S/C11H15N3OS/c1-7-4-9(14(3)13-7)5-10(15)11-12-8(2)6-16-11/h4,6,10,15H,5H2,1-3H3. The average molecular weight is 237 g/mol. The van der Waals surface area contributed by atoms with Crippen molar-refractivity contribution in [3.63, 3.8) is 0 Å². The molecule has 0 aliphatic rings. The summed E-state index contributed by atoms with van der Waals surface area (Å²) in [7, 11) is 1.89. The van der Waals surface area contributed by atoms with Crippen LogP contribution in [-0.2, 0) is 13.5 Å². The number of rotatable bonds is 3. The van der Waals surface area contributed by atoms with Gasteiger partial charge >= 0.3 is 0 Å². The number of hydrogen-bond donors (Lipinski definition) is 1. The summed E-state index contributed by atoms with van der Waals surface area (Å²) in [6.07, 6.45) is 0.0260. The molecule has 1 N–H and O–H groups in total. The molecule has 0 saturated carbocycles. The van der Waals surface area contributed by atoms with Crippen LogP contribution < -0.4 is 0 Å². The zero-order valence-electron chi connectivity index (χ0n) is 9.64. The fourth-order valence-electron chi connectivity index (χ4n) is 1.67. The van der Waals surface area contributed by atoms with Crippen molar-refractivity contribution in [3.05, 3.63) is 33.5 Å². The second-order valence-corrected chi connectivity index (χ2v) is 4.84. The molecule has 5 heteroatoms. The van der Waals surface area contributed by atoms with Gasteiger partial charge in [0.2, 0.25) is 0 Å². The van der Waals surface area contributed by atoms with Crippen molar-refractivity contribution in [2.45, 2.75) is 26.4 Å². The summed E-state index contributed by atoms with van der Waals surface area (Å²) in [5.41, 5.74) is 2.96. The zero-order valence-corrected chi connectivity index (χ0v) is 10.5. The summed E-state index contributed by atoms with van der Waals surface area (Å²) in [5.74, 6) is 0. The lowest BCUT2D eigenvalue weighted by molar-refractivity contribution is 0.175. The van der Waals surface area contributed by atoms with Crippen molar-refractivity contribution < 1.29 is 5.11 Å². The maximum atomic E-state index is 10.0. The minimum atomic E-state index is -0.534. The number of aliphatic hydroxyl groups is 1. The van der Waals surface area contributed by atoms with E-state index in [1.807, 2.05) is 32.3 Å². The van der Waals surface area contributed by atoms with E-state index in [-0.39, 0.29) is 0 Å². The molecule has 1 unspecified atom stereocenters. The van der Waals surface area contributed by atoms with Gasteiger partial charge in [0.05, 0.1) is 5.69 Å². The van der Waals surface area contributed by atoms with Crippen LogP contribution in [0.2, 0.25) is 0 Å². The molecule has 86 valence electrons. The monoisotopic (exact) mass is 237 g/mol. The topological polar surface area (TPSA) is 50.9 Å². The number of aromatic nitrogens is 3. The van der Waals surface area contributed by atoms with Crippen molar-refractivity contribution in [3.8, 4) is 0 Å². The molecule has 0 fully saturated rings. The van der Waals surface area contributed by atoms with E-state index in [4.69, 9.17) is 0 Å². The maximum Gasteiger partial charge on any atom is 0.122 e. The van der Waals surface area contributed by atoms with Gasteiger partial charge in [-0.3, -0.25) is 4.68 Å². The van der Waals surface area contributed by atoms with Crippen molar-refractivity contribution >= 4 is 11.3 Å². The highest BCUT2D eigenvalue weighted by Gasteiger charge is 2.14. The maximum absolute atomic E-state index is 10.0. The highest BCUT2D eigenvalue weighted by Crippen LogP contribution is 2.21. The molecule has 0 amide bonds. The second-order valence-electron chi connectivity index (χ2n) is 3.95. The smallest absolute Gasteiger partial charge is 0.122 e. The number of thiazole rings is 1. The van der Waals surface area contributed by atoms with E-state index >= 15 is 0 Å². The van der Waals surface area contributed by atoms with E-state index in [1.165, 1.54) is 11.3 Å². The summed E-state index contributed by atoms with van der Waals surface area (Å²) in [5, 5.41) is 17.0.